The molecule has 0 aliphatic carbocycles. The van der Waals surface area contributed by atoms with Crippen LogP contribution < -0.4 is 5.32 Å². The van der Waals surface area contributed by atoms with Gasteiger partial charge >= 0.3 is 0 Å². The maximum Gasteiger partial charge on any atom is 0.156 e. The quantitative estimate of drug-likeness (QED) is 0.834. The lowest BCUT2D eigenvalue weighted by molar-refractivity contribution is 0.290. The highest BCUT2D eigenvalue weighted by Crippen LogP contribution is 2.29. The van der Waals surface area contributed by atoms with Gasteiger partial charge < -0.3 is 5.32 Å². The summed E-state index contributed by atoms with van der Waals surface area (Å²) in [4.78, 5) is 4.78. The van der Waals surface area contributed by atoms with Gasteiger partial charge in [0.05, 0.1) is 6.54 Å². The van der Waals surface area contributed by atoms with Crippen molar-refractivity contribution in [2.45, 2.75) is 51.3 Å². The van der Waals surface area contributed by atoms with Gasteiger partial charge in [0, 0.05) is 17.0 Å². The van der Waals surface area contributed by atoms with Crippen LogP contribution in [-0.2, 0) is 0 Å². The van der Waals surface area contributed by atoms with Crippen molar-refractivity contribution in [1.29, 1.82) is 0 Å². The van der Waals surface area contributed by atoms with Crippen LogP contribution in [0.4, 0.5) is 0 Å². The monoisotopic (exact) mass is 272 g/mol. The summed E-state index contributed by atoms with van der Waals surface area (Å²) in [7, 11) is 0. The summed E-state index contributed by atoms with van der Waals surface area (Å²) in [6.45, 7) is 7.94. The van der Waals surface area contributed by atoms with Gasteiger partial charge in [-0.05, 0) is 30.4 Å². The second-order valence-corrected chi connectivity index (χ2v) is 8.47. The Balaban J connectivity index is 1.85. The SMILES string of the molecule is CC(C)(C)C1CCSC(=NCC2CCCS2)N1. The van der Waals surface area contributed by atoms with Crippen molar-refractivity contribution in [2.24, 2.45) is 10.4 Å². The van der Waals surface area contributed by atoms with E-state index in [2.05, 4.69) is 37.8 Å². The van der Waals surface area contributed by atoms with E-state index in [0.29, 0.717) is 11.5 Å². The molecular weight excluding hydrogens is 248 g/mol. The number of hydrogen-bond donors (Lipinski definition) is 1. The highest BCUT2D eigenvalue weighted by atomic mass is 32.2. The molecule has 0 amide bonds. The Morgan fingerprint density at radius 1 is 1.29 bits per heavy atom. The molecule has 2 saturated heterocycles. The van der Waals surface area contributed by atoms with Crippen molar-refractivity contribution in [2.75, 3.05) is 18.1 Å². The van der Waals surface area contributed by atoms with Gasteiger partial charge in [-0.1, -0.05) is 32.5 Å². The zero-order chi connectivity index (χ0) is 12.3. The van der Waals surface area contributed by atoms with Crippen LogP contribution in [0.5, 0.6) is 0 Å². The van der Waals surface area contributed by atoms with E-state index >= 15 is 0 Å². The van der Waals surface area contributed by atoms with Gasteiger partial charge in [-0.25, -0.2) is 0 Å². The molecule has 0 aromatic rings. The van der Waals surface area contributed by atoms with Crippen molar-refractivity contribution in [3.05, 3.63) is 0 Å². The first-order valence-corrected chi connectivity index (χ1v) is 8.64. The van der Waals surface area contributed by atoms with Crippen molar-refractivity contribution < 1.29 is 0 Å². The minimum Gasteiger partial charge on any atom is -0.362 e. The Hall–Kier alpha value is 0.170. The molecule has 0 aromatic heterocycles. The molecular formula is C13H24N2S2. The van der Waals surface area contributed by atoms with Crippen molar-refractivity contribution in [1.82, 2.24) is 5.32 Å². The highest BCUT2D eigenvalue weighted by molar-refractivity contribution is 8.13. The van der Waals surface area contributed by atoms with Gasteiger partial charge in [0.2, 0.25) is 0 Å². The summed E-state index contributed by atoms with van der Waals surface area (Å²) in [6.07, 6.45) is 3.99. The third-order valence-corrected chi connectivity index (χ3v) is 5.79. The average Bonchev–Trinajstić information content (AvgIpc) is 2.78. The lowest BCUT2D eigenvalue weighted by Gasteiger charge is -2.35. The topological polar surface area (TPSA) is 24.4 Å². The minimum atomic E-state index is 0.337. The largest absolute Gasteiger partial charge is 0.362 e. The molecule has 1 N–H and O–H groups in total. The third-order valence-electron chi connectivity index (χ3n) is 3.45. The maximum atomic E-state index is 4.78. The van der Waals surface area contributed by atoms with Crippen LogP contribution in [0.3, 0.4) is 0 Å². The van der Waals surface area contributed by atoms with E-state index in [1.807, 2.05) is 11.8 Å². The second kappa shape index (κ2) is 5.87. The first kappa shape index (κ1) is 13.6. The van der Waals surface area contributed by atoms with E-state index in [9.17, 15) is 0 Å². The van der Waals surface area contributed by atoms with Crippen molar-refractivity contribution >= 4 is 28.7 Å². The number of aliphatic imine (C=N–C) groups is 1. The summed E-state index contributed by atoms with van der Waals surface area (Å²) in [5.41, 5.74) is 0.337. The molecule has 0 bridgehead atoms. The van der Waals surface area contributed by atoms with Crippen LogP contribution in [0.2, 0.25) is 0 Å². The number of rotatable bonds is 2. The van der Waals surface area contributed by atoms with Gasteiger partial charge in [-0.3, -0.25) is 4.99 Å². The lowest BCUT2D eigenvalue weighted by Crippen LogP contribution is -2.46. The molecule has 17 heavy (non-hydrogen) atoms. The fraction of sp³-hybridized carbons (Fsp3) is 0.923. The predicted molar refractivity (Wildman–Crippen MR) is 81.2 cm³/mol. The molecule has 2 aliphatic heterocycles. The van der Waals surface area contributed by atoms with E-state index < -0.39 is 0 Å². The van der Waals surface area contributed by atoms with Crippen molar-refractivity contribution in [3.63, 3.8) is 0 Å². The second-order valence-electron chi connectivity index (χ2n) is 5.98. The summed E-state index contributed by atoms with van der Waals surface area (Å²) in [6, 6.07) is 0.582. The molecule has 2 aliphatic rings. The van der Waals surface area contributed by atoms with Gasteiger partial charge in [0.25, 0.3) is 0 Å². The molecule has 2 fully saturated rings. The van der Waals surface area contributed by atoms with Gasteiger partial charge in [0.1, 0.15) is 0 Å². The maximum absolute atomic E-state index is 4.78. The standard InChI is InChI=1S/C13H24N2S2/c1-13(2,3)11-6-8-17-12(15-11)14-9-10-5-4-7-16-10/h10-11H,4-9H2,1-3H3,(H,14,15). The summed E-state index contributed by atoms with van der Waals surface area (Å²) in [5, 5.41) is 5.58. The molecule has 0 spiro atoms. The molecule has 2 unspecified atom stereocenters. The fourth-order valence-electron chi connectivity index (χ4n) is 2.25. The number of nitrogens with zero attached hydrogens (tertiary/aromatic N) is 1. The van der Waals surface area contributed by atoms with E-state index in [1.54, 1.807) is 0 Å². The van der Waals surface area contributed by atoms with Crippen LogP contribution in [0.15, 0.2) is 4.99 Å². The van der Waals surface area contributed by atoms with E-state index in [-0.39, 0.29) is 0 Å². The first-order valence-electron chi connectivity index (χ1n) is 6.61. The van der Waals surface area contributed by atoms with E-state index in [1.165, 1.54) is 35.9 Å². The summed E-state index contributed by atoms with van der Waals surface area (Å²) in [5.74, 6) is 2.55. The molecule has 2 atom stereocenters. The molecule has 2 heterocycles. The van der Waals surface area contributed by atoms with Crippen LogP contribution in [-0.4, -0.2) is 34.5 Å². The lowest BCUT2D eigenvalue weighted by atomic mass is 9.85. The minimum absolute atomic E-state index is 0.337. The molecule has 2 nitrogen and oxygen atoms in total. The van der Waals surface area contributed by atoms with Gasteiger partial charge in [-0.2, -0.15) is 11.8 Å². The Kier molecular flexibility index (Phi) is 4.70. The smallest absolute Gasteiger partial charge is 0.156 e. The molecule has 0 aromatic carbocycles. The van der Waals surface area contributed by atoms with Crippen molar-refractivity contribution in [3.8, 4) is 0 Å². The Morgan fingerprint density at radius 2 is 2.12 bits per heavy atom. The first-order chi connectivity index (χ1) is 8.05. The fourth-order valence-corrected chi connectivity index (χ4v) is 4.37. The Morgan fingerprint density at radius 3 is 2.76 bits per heavy atom. The number of hydrogen-bond acceptors (Lipinski definition) is 3. The summed E-state index contributed by atoms with van der Waals surface area (Å²) < 4.78 is 0. The molecule has 0 saturated carbocycles. The highest BCUT2D eigenvalue weighted by Gasteiger charge is 2.28. The van der Waals surface area contributed by atoms with E-state index in [4.69, 9.17) is 4.99 Å². The molecule has 98 valence electrons. The number of nitrogens with one attached hydrogen (secondary N) is 1. The Bertz CT molecular complexity index is 278. The summed E-state index contributed by atoms with van der Waals surface area (Å²) >= 11 is 3.99. The van der Waals surface area contributed by atoms with Crippen LogP contribution in [0.25, 0.3) is 0 Å². The predicted octanol–water partition coefficient (Wildman–Crippen LogP) is 3.38. The molecule has 2 rings (SSSR count). The molecule has 4 heteroatoms. The van der Waals surface area contributed by atoms with Crippen LogP contribution in [0.1, 0.15) is 40.0 Å². The van der Waals surface area contributed by atoms with E-state index in [0.717, 1.165) is 11.8 Å². The zero-order valence-electron chi connectivity index (χ0n) is 11.2. The normalized spacial score (nSPS) is 32.8. The van der Waals surface area contributed by atoms with Gasteiger partial charge in [0.15, 0.2) is 5.17 Å². The number of amidine groups is 1. The molecule has 0 radical (unpaired) electrons. The zero-order valence-corrected chi connectivity index (χ0v) is 12.8. The van der Waals surface area contributed by atoms with Crippen LogP contribution >= 0.6 is 23.5 Å². The van der Waals surface area contributed by atoms with Gasteiger partial charge in [-0.15, -0.1) is 0 Å². The average molecular weight is 272 g/mol. The Labute approximate surface area is 114 Å². The third kappa shape index (κ3) is 4.09. The number of thioether (sulfide) groups is 2. The van der Waals surface area contributed by atoms with Crippen LogP contribution in [0, 0.1) is 5.41 Å².